The molecule has 0 amide bonds. The van der Waals surface area contributed by atoms with Crippen molar-refractivity contribution in [3.05, 3.63) is 17.8 Å². The molecule has 94 valence electrons. The smallest absolute Gasteiger partial charge is 0.187 e. The van der Waals surface area contributed by atoms with Gasteiger partial charge < -0.3 is 10.0 Å². The first kappa shape index (κ1) is 12.2. The van der Waals surface area contributed by atoms with Crippen LogP contribution in [-0.2, 0) is 6.42 Å². The number of aliphatic hydroxyl groups is 1. The van der Waals surface area contributed by atoms with Gasteiger partial charge >= 0.3 is 0 Å². The Hall–Kier alpha value is -1.23. The molecule has 2 heterocycles. The highest BCUT2D eigenvalue weighted by molar-refractivity contribution is 5.41. The zero-order valence-corrected chi connectivity index (χ0v) is 10.1. The molecule has 1 N–H and O–H groups in total. The van der Waals surface area contributed by atoms with Gasteiger partial charge in [0.25, 0.3) is 0 Å². The lowest BCUT2D eigenvalue weighted by atomic mass is 9.98. The highest BCUT2D eigenvalue weighted by Crippen LogP contribution is 2.24. The van der Waals surface area contributed by atoms with Crippen LogP contribution >= 0.6 is 0 Å². The Morgan fingerprint density at radius 1 is 1.41 bits per heavy atom. The van der Waals surface area contributed by atoms with E-state index in [4.69, 9.17) is 5.11 Å². The normalized spacial score (nSPS) is 17.5. The number of anilines is 1. The summed E-state index contributed by atoms with van der Waals surface area (Å²) in [7, 11) is 0. The maximum Gasteiger partial charge on any atom is 0.187 e. The Kier molecular flexibility index (Phi) is 3.89. The van der Waals surface area contributed by atoms with Crippen LogP contribution in [0, 0.1) is 11.7 Å². The van der Waals surface area contributed by atoms with Crippen molar-refractivity contribution >= 4 is 5.82 Å². The van der Waals surface area contributed by atoms with Crippen molar-refractivity contribution in [3.63, 3.8) is 0 Å². The second-order valence-electron chi connectivity index (χ2n) is 4.42. The van der Waals surface area contributed by atoms with E-state index >= 15 is 0 Å². The summed E-state index contributed by atoms with van der Waals surface area (Å²) in [5.74, 6) is 0.465. The molecule has 0 atom stereocenters. The van der Waals surface area contributed by atoms with Crippen molar-refractivity contribution in [1.29, 1.82) is 0 Å². The molecule has 1 aromatic rings. The molecule has 0 aromatic carbocycles. The molecule has 2 rings (SSSR count). The molecule has 0 radical (unpaired) electrons. The second kappa shape index (κ2) is 5.40. The van der Waals surface area contributed by atoms with E-state index < -0.39 is 0 Å². The third-order valence-corrected chi connectivity index (χ3v) is 3.35. The fraction of sp³-hybridized carbons (Fsp3) is 0.667. The van der Waals surface area contributed by atoms with Gasteiger partial charge in [0.2, 0.25) is 0 Å². The highest BCUT2D eigenvalue weighted by atomic mass is 19.1. The van der Waals surface area contributed by atoms with Gasteiger partial charge in [0.05, 0.1) is 5.69 Å². The van der Waals surface area contributed by atoms with Gasteiger partial charge in [-0.1, -0.05) is 6.92 Å². The van der Waals surface area contributed by atoms with Crippen LogP contribution in [0.1, 0.15) is 25.5 Å². The van der Waals surface area contributed by atoms with Gasteiger partial charge in [-0.3, -0.25) is 0 Å². The fourth-order valence-electron chi connectivity index (χ4n) is 2.19. The van der Waals surface area contributed by atoms with Gasteiger partial charge in [-0.05, 0) is 25.2 Å². The number of hydrogen-bond acceptors (Lipinski definition) is 4. The number of piperidine rings is 1. The van der Waals surface area contributed by atoms with Crippen molar-refractivity contribution in [1.82, 2.24) is 9.97 Å². The topological polar surface area (TPSA) is 49.2 Å². The summed E-state index contributed by atoms with van der Waals surface area (Å²) >= 11 is 0. The Bertz CT molecular complexity index is 378. The van der Waals surface area contributed by atoms with Gasteiger partial charge in [-0.2, -0.15) is 0 Å². The molecule has 0 saturated carbocycles. The number of nitrogens with zero attached hydrogens (tertiary/aromatic N) is 3. The summed E-state index contributed by atoms with van der Waals surface area (Å²) in [5, 5.41) is 9.07. The van der Waals surface area contributed by atoms with E-state index in [0.717, 1.165) is 25.9 Å². The van der Waals surface area contributed by atoms with Crippen LogP contribution in [-0.4, -0.2) is 34.8 Å². The number of aliphatic hydroxyl groups excluding tert-OH is 1. The molecule has 1 aliphatic rings. The zero-order valence-electron chi connectivity index (χ0n) is 10.1. The minimum absolute atomic E-state index is 0.223. The van der Waals surface area contributed by atoms with E-state index in [2.05, 4.69) is 9.97 Å². The molecule has 4 nitrogen and oxygen atoms in total. The summed E-state index contributed by atoms with van der Waals surface area (Å²) in [6.45, 7) is 3.61. The van der Waals surface area contributed by atoms with E-state index in [1.165, 1.54) is 6.33 Å². The van der Waals surface area contributed by atoms with E-state index in [1.54, 1.807) is 0 Å². The third-order valence-electron chi connectivity index (χ3n) is 3.35. The quantitative estimate of drug-likeness (QED) is 0.866. The van der Waals surface area contributed by atoms with E-state index in [1.807, 2.05) is 11.8 Å². The average Bonchev–Trinajstić information content (AvgIpc) is 2.39. The summed E-state index contributed by atoms with van der Waals surface area (Å²) < 4.78 is 14.0. The minimum atomic E-state index is -0.294. The SMILES string of the molecule is CCc1ncnc(N2CCC(CO)CC2)c1F. The van der Waals surface area contributed by atoms with Gasteiger partial charge in [-0.25, -0.2) is 14.4 Å². The highest BCUT2D eigenvalue weighted by Gasteiger charge is 2.22. The number of rotatable bonds is 3. The van der Waals surface area contributed by atoms with Crippen molar-refractivity contribution in [3.8, 4) is 0 Å². The Labute approximate surface area is 101 Å². The average molecular weight is 239 g/mol. The van der Waals surface area contributed by atoms with Crippen molar-refractivity contribution in [2.24, 2.45) is 5.92 Å². The van der Waals surface area contributed by atoms with Crippen molar-refractivity contribution in [2.75, 3.05) is 24.6 Å². The number of aryl methyl sites for hydroxylation is 1. The molecule has 0 unspecified atom stereocenters. The molecule has 0 spiro atoms. The van der Waals surface area contributed by atoms with Gasteiger partial charge in [0.1, 0.15) is 6.33 Å². The standard InChI is InChI=1S/C12H18FN3O/c1-2-10-11(13)12(15-8-14-10)16-5-3-9(7-17)4-6-16/h8-9,17H,2-7H2,1H3. The van der Waals surface area contributed by atoms with Crippen LogP contribution in [0.5, 0.6) is 0 Å². The van der Waals surface area contributed by atoms with Crippen LogP contribution in [0.25, 0.3) is 0 Å². The van der Waals surface area contributed by atoms with Gasteiger partial charge in [-0.15, -0.1) is 0 Å². The van der Waals surface area contributed by atoms with Crippen molar-refractivity contribution < 1.29 is 9.50 Å². The molecule has 1 aliphatic heterocycles. The summed E-state index contributed by atoms with van der Waals surface area (Å²) in [4.78, 5) is 9.92. The van der Waals surface area contributed by atoms with Crippen LogP contribution in [0.2, 0.25) is 0 Å². The Morgan fingerprint density at radius 3 is 2.71 bits per heavy atom. The lowest BCUT2D eigenvalue weighted by molar-refractivity contribution is 0.202. The molecular weight excluding hydrogens is 221 g/mol. The van der Waals surface area contributed by atoms with Gasteiger partial charge in [0, 0.05) is 19.7 Å². The maximum absolute atomic E-state index is 14.0. The first-order valence-corrected chi connectivity index (χ1v) is 6.11. The van der Waals surface area contributed by atoms with Crippen LogP contribution < -0.4 is 4.90 Å². The van der Waals surface area contributed by atoms with Crippen LogP contribution in [0.15, 0.2) is 6.33 Å². The molecule has 1 aromatic heterocycles. The molecule has 17 heavy (non-hydrogen) atoms. The largest absolute Gasteiger partial charge is 0.396 e. The van der Waals surface area contributed by atoms with E-state index in [9.17, 15) is 4.39 Å². The van der Waals surface area contributed by atoms with E-state index in [0.29, 0.717) is 23.9 Å². The van der Waals surface area contributed by atoms with Crippen LogP contribution in [0.3, 0.4) is 0 Å². The Balaban J connectivity index is 2.13. The summed E-state index contributed by atoms with van der Waals surface area (Å²) in [6, 6.07) is 0. The first-order valence-electron chi connectivity index (χ1n) is 6.11. The lowest BCUT2D eigenvalue weighted by Gasteiger charge is -2.32. The van der Waals surface area contributed by atoms with E-state index in [-0.39, 0.29) is 12.4 Å². The minimum Gasteiger partial charge on any atom is -0.396 e. The summed E-state index contributed by atoms with van der Waals surface area (Å²) in [6.07, 6.45) is 3.78. The maximum atomic E-state index is 14.0. The molecule has 0 bridgehead atoms. The molecule has 1 fully saturated rings. The van der Waals surface area contributed by atoms with Crippen molar-refractivity contribution in [2.45, 2.75) is 26.2 Å². The second-order valence-corrected chi connectivity index (χ2v) is 4.42. The number of hydrogen-bond donors (Lipinski definition) is 1. The molecular formula is C12H18FN3O. The lowest BCUT2D eigenvalue weighted by Crippen LogP contribution is -2.36. The number of halogens is 1. The predicted octanol–water partition coefficient (Wildman–Crippen LogP) is 1.39. The molecule has 0 aliphatic carbocycles. The van der Waals surface area contributed by atoms with Crippen LogP contribution in [0.4, 0.5) is 10.2 Å². The number of aromatic nitrogens is 2. The van der Waals surface area contributed by atoms with Gasteiger partial charge in [0.15, 0.2) is 11.6 Å². The molecule has 5 heteroatoms. The zero-order chi connectivity index (χ0) is 12.3. The monoisotopic (exact) mass is 239 g/mol. The third kappa shape index (κ3) is 2.54. The Morgan fingerprint density at radius 2 is 2.12 bits per heavy atom. The fourth-order valence-corrected chi connectivity index (χ4v) is 2.19. The molecule has 1 saturated heterocycles. The predicted molar refractivity (Wildman–Crippen MR) is 63.4 cm³/mol. The summed E-state index contributed by atoms with van der Waals surface area (Å²) in [5.41, 5.74) is 0.472. The first-order chi connectivity index (χ1) is 8.26.